The molecule has 1 atom stereocenters. The molecule has 1 aromatic rings. The van der Waals surface area contributed by atoms with Crippen LogP contribution in [0.3, 0.4) is 0 Å². The Bertz CT molecular complexity index is 411. The molecule has 0 bridgehead atoms. The molecule has 5 heteroatoms. The van der Waals surface area contributed by atoms with E-state index in [1.54, 1.807) is 6.07 Å². The van der Waals surface area contributed by atoms with Crippen LogP contribution in [0.4, 0.5) is 5.82 Å². The van der Waals surface area contributed by atoms with Crippen molar-refractivity contribution in [2.24, 2.45) is 5.92 Å². The maximum absolute atomic E-state index is 10.8. The number of aliphatic hydroxyl groups is 1. The summed E-state index contributed by atoms with van der Waals surface area (Å²) in [6.45, 7) is 0.195. The van der Waals surface area contributed by atoms with Crippen LogP contribution in [0.2, 0.25) is 0 Å². The number of anilines is 1. The van der Waals surface area contributed by atoms with Gasteiger partial charge in [0, 0.05) is 24.9 Å². The Morgan fingerprint density at radius 2 is 2.64 bits per heavy atom. The monoisotopic (exact) mass is 193 g/mol. The Balaban J connectivity index is 1.99. The van der Waals surface area contributed by atoms with Crippen molar-refractivity contribution in [2.75, 3.05) is 11.9 Å². The molecule has 1 aliphatic carbocycles. The van der Waals surface area contributed by atoms with Crippen molar-refractivity contribution >= 4 is 5.82 Å². The average molecular weight is 193 g/mol. The van der Waals surface area contributed by atoms with E-state index in [-0.39, 0.29) is 12.3 Å². The fourth-order valence-electron chi connectivity index (χ4n) is 1.21. The van der Waals surface area contributed by atoms with E-state index in [1.165, 1.54) is 11.8 Å². The van der Waals surface area contributed by atoms with E-state index in [0.29, 0.717) is 11.7 Å². The molecule has 3 N–H and O–H groups in total. The smallest absolute Gasteiger partial charge is 0.346 e. The van der Waals surface area contributed by atoms with Gasteiger partial charge in [-0.05, 0) is 18.1 Å². The van der Waals surface area contributed by atoms with Crippen molar-refractivity contribution in [1.29, 1.82) is 0 Å². The standard InChI is InChI=1S/C9H11N3O2/c13-5-7-3-6(7)4-11-8-1-2-10-9(14)12-8/h1-2,4,7,13H,3,5H2,(H2,10,11,12,14). The molecule has 1 fully saturated rings. The minimum atomic E-state index is -0.372. The zero-order valence-corrected chi connectivity index (χ0v) is 7.53. The third-order valence-corrected chi connectivity index (χ3v) is 2.15. The molecule has 0 aromatic carbocycles. The van der Waals surface area contributed by atoms with E-state index < -0.39 is 0 Å². The van der Waals surface area contributed by atoms with Gasteiger partial charge in [0.05, 0.1) is 0 Å². The molecule has 0 radical (unpaired) electrons. The van der Waals surface area contributed by atoms with Gasteiger partial charge in [-0.2, -0.15) is 0 Å². The number of rotatable bonds is 3. The predicted molar refractivity (Wildman–Crippen MR) is 51.8 cm³/mol. The highest BCUT2D eigenvalue weighted by atomic mass is 16.3. The van der Waals surface area contributed by atoms with Gasteiger partial charge in [-0.3, -0.25) is 4.98 Å². The molecule has 0 aliphatic heterocycles. The summed E-state index contributed by atoms with van der Waals surface area (Å²) in [7, 11) is 0. The summed E-state index contributed by atoms with van der Waals surface area (Å²) >= 11 is 0. The van der Waals surface area contributed by atoms with E-state index in [2.05, 4.69) is 15.3 Å². The lowest BCUT2D eigenvalue weighted by molar-refractivity contribution is 0.281. The van der Waals surface area contributed by atoms with Crippen molar-refractivity contribution in [3.8, 4) is 0 Å². The van der Waals surface area contributed by atoms with E-state index in [9.17, 15) is 4.79 Å². The molecule has 0 saturated heterocycles. The summed E-state index contributed by atoms with van der Waals surface area (Å²) in [6, 6.07) is 1.68. The van der Waals surface area contributed by atoms with Crippen LogP contribution in [0.5, 0.6) is 0 Å². The van der Waals surface area contributed by atoms with Gasteiger partial charge in [0.15, 0.2) is 0 Å². The van der Waals surface area contributed by atoms with E-state index in [0.717, 1.165) is 6.42 Å². The molecule has 0 amide bonds. The number of nitrogens with one attached hydrogen (secondary N) is 2. The Labute approximate surface area is 80.5 Å². The Morgan fingerprint density at radius 3 is 3.29 bits per heavy atom. The third-order valence-electron chi connectivity index (χ3n) is 2.15. The molecule has 1 heterocycles. The topological polar surface area (TPSA) is 78.0 Å². The molecule has 1 saturated carbocycles. The van der Waals surface area contributed by atoms with E-state index >= 15 is 0 Å². The van der Waals surface area contributed by atoms with Crippen molar-refractivity contribution in [3.63, 3.8) is 0 Å². The average Bonchev–Trinajstić information content (AvgIpc) is 2.93. The van der Waals surface area contributed by atoms with Crippen molar-refractivity contribution in [1.82, 2.24) is 9.97 Å². The van der Waals surface area contributed by atoms with Crippen LogP contribution in [0.15, 0.2) is 28.8 Å². The van der Waals surface area contributed by atoms with Gasteiger partial charge in [0.1, 0.15) is 5.82 Å². The van der Waals surface area contributed by atoms with Crippen molar-refractivity contribution in [2.45, 2.75) is 6.42 Å². The fourth-order valence-corrected chi connectivity index (χ4v) is 1.21. The minimum absolute atomic E-state index is 0.195. The summed E-state index contributed by atoms with van der Waals surface area (Å²) < 4.78 is 0. The first kappa shape index (κ1) is 8.96. The van der Waals surface area contributed by atoms with Crippen LogP contribution < -0.4 is 11.0 Å². The molecule has 0 spiro atoms. The lowest BCUT2D eigenvalue weighted by Gasteiger charge is -1.97. The Morgan fingerprint density at radius 1 is 1.79 bits per heavy atom. The highest BCUT2D eigenvalue weighted by Crippen LogP contribution is 2.36. The number of nitrogens with zero attached hydrogens (tertiary/aromatic N) is 1. The van der Waals surface area contributed by atoms with E-state index in [1.807, 2.05) is 6.20 Å². The van der Waals surface area contributed by atoms with Crippen LogP contribution in [0.1, 0.15) is 6.42 Å². The van der Waals surface area contributed by atoms with Crippen molar-refractivity contribution < 1.29 is 5.11 Å². The van der Waals surface area contributed by atoms with Crippen molar-refractivity contribution in [3.05, 3.63) is 34.5 Å². The van der Waals surface area contributed by atoms with Gasteiger partial charge in [-0.25, -0.2) is 9.78 Å². The van der Waals surface area contributed by atoms with Crippen LogP contribution in [-0.2, 0) is 0 Å². The molecule has 1 aromatic heterocycles. The van der Waals surface area contributed by atoms with Crippen LogP contribution in [0, 0.1) is 5.92 Å². The molecular formula is C9H11N3O2. The summed E-state index contributed by atoms with van der Waals surface area (Å²) in [4.78, 5) is 16.8. The zero-order chi connectivity index (χ0) is 9.97. The quantitative estimate of drug-likeness (QED) is 0.635. The second-order valence-corrected chi connectivity index (χ2v) is 3.24. The maximum Gasteiger partial charge on any atom is 0.346 e. The third kappa shape index (κ3) is 2.00. The number of H-pyrrole nitrogens is 1. The predicted octanol–water partition coefficient (Wildman–Crippen LogP) is 0.0779. The second kappa shape index (κ2) is 3.63. The largest absolute Gasteiger partial charge is 0.396 e. The van der Waals surface area contributed by atoms with E-state index in [4.69, 9.17) is 5.11 Å². The fraction of sp³-hybridized carbons (Fsp3) is 0.333. The molecule has 14 heavy (non-hydrogen) atoms. The first-order chi connectivity index (χ1) is 6.79. The molecule has 1 unspecified atom stereocenters. The maximum atomic E-state index is 10.8. The Kier molecular flexibility index (Phi) is 2.32. The molecule has 74 valence electrons. The normalized spacial score (nSPS) is 22.4. The number of hydrogen-bond acceptors (Lipinski definition) is 4. The summed E-state index contributed by atoms with van der Waals surface area (Å²) in [5, 5.41) is 11.7. The lowest BCUT2D eigenvalue weighted by atomic mass is 10.4. The number of hydrogen-bond donors (Lipinski definition) is 3. The Hall–Kier alpha value is -1.62. The van der Waals surface area contributed by atoms with Crippen LogP contribution in [0.25, 0.3) is 0 Å². The molecular weight excluding hydrogens is 182 g/mol. The van der Waals surface area contributed by atoms with Gasteiger partial charge in [0.2, 0.25) is 0 Å². The first-order valence-electron chi connectivity index (χ1n) is 4.41. The number of aromatic nitrogens is 2. The highest BCUT2D eigenvalue weighted by Gasteiger charge is 2.28. The van der Waals surface area contributed by atoms with Gasteiger partial charge in [-0.15, -0.1) is 0 Å². The molecule has 2 rings (SSSR count). The van der Waals surface area contributed by atoms with Crippen LogP contribution in [-0.4, -0.2) is 21.7 Å². The van der Waals surface area contributed by atoms with Crippen LogP contribution >= 0.6 is 0 Å². The summed E-state index contributed by atoms with van der Waals surface area (Å²) in [5.74, 6) is 0.914. The summed E-state index contributed by atoms with van der Waals surface area (Å²) in [6.07, 6.45) is 4.18. The highest BCUT2D eigenvalue weighted by molar-refractivity contribution is 5.39. The van der Waals surface area contributed by atoms with Gasteiger partial charge in [-0.1, -0.05) is 0 Å². The van der Waals surface area contributed by atoms with Gasteiger partial charge in [0.25, 0.3) is 0 Å². The van der Waals surface area contributed by atoms with Gasteiger partial charge >= 0.3 is 5.69 Å². The number of aliphatic hydroxyl groups excluding tert-OH is 1. The SMILES string of the molecule is O=c1nccc(NC=C2CC2CO)[nH]1. The molecule has 5 nitrogen and oxygen atoms in total. The molecule has 1 aliphatic rings. The van der Waals surface area contributed by atoms with Gasteiger partial charge < -0.3 is 10.4 Å². The number of aromatic amines is 1. The first-order valence-corrected chi connectivity index (χ1v) is 4.41. The second-order valence-electron chi connectivity index (χ2n) is 3.24. The minimum Gasteiger partial charge on any atom is -0.396 e. The lowest BCUT2D eigenvalue weighted by Crippen LogP contribution is -2.10. The summed E-state index contributed by atoms with van der Waals surface area (Å²) in [5.41, 5.74) is 0.799. The zero-order valence-electron chi connectivity index (χ0n) is 7.53.